The van der Waals surface area contributed by atoms with Crippen LogP contribution >= 0.6 is 22.9 Å². The topological polar surface area (TPSA) is 21.3 Å². The normalized spacial score (nSPS) is 16.9. The molecular weight excluding hydrogens is 194 g/mol. The van der Waals surface area contributed by atoms with Gasteiger partial charge in [-0.3, -0.25) is 10.3 Å². The largest absolute Gasteiger partial charge is 0.276 e. The molecule has 0 spiro atoms. The van der Waals surface area contributed by atoms with Crippen LogP contribution in [0.2, 0.25) is 4.34 Å². The van der Waals surface area contributed by atoms with E-state index >= 15 is 0 Å². The zero-order valence-electron chi connectivity index (χ0n) is 6.34. The Morgan fingerprint density at radius 2 is 2.42 bits per heavy atom. The van der Waals surface area contributed by atoms with E-state index in [1.807, 2.05) is 12.1 Å². The number of hydrogen-bond donors (Lipinski definition) is 1. The summed E-state index contributed by atoms with van der Waals surface area (Å²) in [4.78, 5) is 6.22. The number of nitrogens with one attached hydrogen (secondary N) is 1. The lowest BCUT2D eigenvalue weighted by Gasteiger charge is -2.13. The molecule has 0 aliphatic carbocycles. The van der Waals surface area contributed by atoms with Gasteiger partial charge >= 0.3 is 0 Å². The summed E-state index contributed by atoms with van der Waals surface area (Å²) in [6.45, 7) is 0.739. The highest BCUT2D eigenvalue weighted by Crippen LogP contribution is 2.27. The van der Waals surface area contributed by atoms with E-state index in [0.717, 1.165) is 27.9 Å². The zero-order valence-corrected chi connectivity index (χ0v) is 7.91. The summed E-state index contributed by atoms with van der Waals surface area (Å²) in [6.07, 6.45) is 3.07. The maximum absolute atomic E-state index is 5.80. The van der Waals surface area contributed by atoms with Gasteiger partial charge in [-0.25, -0.2) is 0 Å². The Morgan fingerprint density at radius 3 is 3.00 bits per heavy atom. The smallest absolute Gasteiger partial charge is 0.0935 e. The van der Waals surface area contributed by atoms with E-state index in [-0.39, 0.29) is 0 Å². The van der Waals surface area contributed by atoms with Crippen molar-refractivity contribution in [2.45, 2.75) is 6.42 Å². The van der Waals surface area contributed by atoms with Gasteiger partial charge in [0.05, 0.1) is 21.5 Å². The summed E-state index contributed by atoms with van der Waals surface area (Å²) in [7, 11) is 0. The summed E-state index contributed by atoms with van der Waals surface area (Å²) >= 11 is 7.35. The highest BCUT2D eigenvalue weighted by atomic mass is 35.5. The monoisotopic (exact) mass is 201 g/mol. The average molecular weight is 202 g/mol. The van der Waals surface area contributed by atoms with Gasteiger partial charge in [0.1, 0.15) is 0 Å². The lowest BCUT2D eigenvalue weighted by atomic mass is 10.3. The molecule has 2 rings (SSSR count). The Morgan fingerprint density at radius 1 is 1.50 bits per heavy atom. The van der Waals surface area contributed by atoms with Crippen LogP contribution < -0.4 is 5.48 Å². The van der Waals surface area contributed by atoms with Crippen molar-refractivity contribution >= 4 is 28.6 Å². The Hall–Kier alpha value is -0.510. The SMILES string of the molecule is Clc1ccc(C2=CCCON2)s1. The number of halogens is 1. The third-order valence-electron chi connectivity index (χ3n) is 1.59. The molecule has 4 heteroatoms. The molecule has 2 nitrogen and oxygen atoms in total. The highest BCUT2D eigenvalue weighted by molar-refractivity contribution is 7.17. The van der Waals surface area contributed by atoms with E-state index in [0.29, 0.717) is 0 Å². The van der Waals surface area contributed by atoms with E-state index in [1.165, 1.54) is 0 Å². The summed E-state index contributed by atoms with van der Waals surface area (Å²) < 4.78 is 0.804. The van der Waals surface area contributed by atoms with Crippen molar-refractivity contribution in [3.63, 3.8) is 0 Å². The Balaban J connectivity index is 2.23. The molecular formula is C8H8ClNOS. The molecule has 2 heterocycles. The second-order valence-electron chi connectivity index (χ2n) is 2.46. The summed E-state index contributed by atoms with van der Waals surface area (Å²) in [6, 6.07) is 3.87. The number of hydroxylamine groups is 1. The second kappa shape index (κ2) is 3.47. The number of thiophene rings is 1. The Bertz CT molecular complexity index is 308. The van der Waals surface area contributed by atoms with Gasteiger partial charge in [-0.05, 0) is 18.6 Å². The molecule has 0 atom stereocenters. The standard InChI is InChI=1S/C8H8ClNOS/c9-8-4-3-7(12-8)6-2-1-5-11-10-6/h2-4,10H,1,5H2. The fraction of sp³-hybridized carbons (Fsp3) is 0.250. The van der Waals surface area contributed by atoms with Gasteiger partial charge in [-0.1, -0.05) is 17.7 Å². The highest BCUT2D eigenvalue weighted by Gasteiger charge is 2.07. The molecule has 0 bridgehead atoms. The van der Waals surface area contributed by atoms with E-state index < -0.39 is 0 Å². The fourth-order valence-electron chi connectivity index (χ4n) is 1.04. The van der Waals surface area contributed by atoms with E-state index in [1.54, 1.807) is 11.3 Å². The van der Waals surface area contributed by atoms with Crippen LogP contribution in [0.4, 0.5) is 0 Å². The van der Waals surface area contributed by atoms with Crippen molar-refractivity contribution in [2.75, 3.05) is 6.61 Å². The minimum absolute atomic E-state index is 0.739. The summed E-state index contributed by atoms with van der Waals surface area (Å²) in [5.74, 6) is 0. The molecule has 64 valence electrons. The van der Waals surface area contributed by atoms with Crippen molar-refractivity contribution in [1.82, 2.24) is 5.48 Å². The van der Waals surface area contributed by atoms with Crippen LogP contribution in [0.25, 0.3) is 5.70 Å². The number of rotatable bonds is 1. The average Bonchev–Trinajstić information content (AvgIpc) is 2.54. The molecule has 0 saturated heterocycles. The molecule has 0 unspecified atom stereocenters. The van der Waals surface area contributed by atoms with Crippen LogP contribution in [-0.4, -0.2) is 6.61 Å². The van der Waals surface area contributed by atoms with Gasteiger partial charge in [0, 0.05) is 0 Å². The molecule has 1 aromatic heterocycles. The molecule has 0 saturated carbocycles. The number of hydrogen-bond acceptors (Lipinski definition) is 3. The van der Waals surface area contributed by atoms with Crippen molar-refractivity contribution in [3.05, 3.63) is 27.4 Å². The first-order chi connectivity index (χ1) is 5.86. The van der Waals surface area contributed by atoms with Crippen molar-refractivity contribution in [1.29, 1.82) is 0 Å². The lowest BCUT2D eigenvalue weighted by molar-refractivity contribution is 0.0743. The van der Waals surface area contributed by atoms with Crippen molar-refractivity contribution in [3.8, 4) is 0 Å². The van der Waals surface area contributed by atoms with Crippen LogP contribution in [0.5, 0.6) is 0 Å². The van der Waals surface area contributed by atoms with Gasteiger partial charge < -0.3 is 0 Å². The van der Waals surface area contributed by atoms with Gasteiger partial charge in [-0.15, -0.1) is 11.3 Å². The molecule has 0 fully saturated rings. The maximum Gasteiger partial charge on any atom is 0.0935 e. The fourth-order valence-corrected chi connectivity index (χ4v) is 2.07. The Labute approximate surface area is 79.8 Å². The molecule has 1 aliphatic rings. The predicted molar refractivity (Wildman–Crippen MR) is 51.0 cm³/mol. The molecule has 0 aromatic carbocycles. The van der Waals surface area contributed by atoms with Gasteiger partial charge in [0.15, 0.2) is 0 Å². The summed E-state index contributed by atoms with van der Waals surface area (Å²) in [5, 5.41) is 0. The molecule has 0 radical (unpaired) electrons. The van der Waals surface area contributed by atoms with Crippen LogP contribution in [0, 0.1) is 0 Å². The van der Waals surface area contributed by atoms with Gasteiger partial charge in [0.25, 0.3) is 0 Å². The lowest BCUT2D eigenvalue weighted by Crippen LogP contribution is -2.17. The predicted octanol–water partition coefficient (Wildman–Crippen LogP) is 2.67. The van der Waals surface area contributed by atoms with Gasteiger partial charge in [0.2, 0.25) is 0 Å². The van der Waals surface area contributed by atoms with Crippen molar-refractivity contribution < 1.29 is 4.84 Å². The third-order valence-corrected chi connectivity index (χ3v) is 2.85. The molecule has 0 amide bonds. The molecule has 1 aromatic rings. The first-order valence-electron chi connectivity index (χ1n) is 3.70. The minimum Gasteiger partial charge on any atom is -0.276 e. The second-order valence-corrected chi connectivity index (χ2v) is 4.18. The molecule has 1 N–H and O–H groups in total. The Kier molecular flexibility index (Phi) is 2.35. The third kappa shape index (κ3) is 1.63. The zero-order chi connectivity index (χ0) is 8.39. The quantitative estimate of drug-likeness (QED) is 0.755. The molecule has 12 heavy (non-hydrogen) atoms. The van der Waals surface area contributed by atoms with Crippen LogP contribution in [0.3, 0.4) is 0 Å². The van der Waals surface area contributed by atoms with E-state index in [9.17, 15) is 0 Å². The first-order valence-corrected chi connectivity index (χ1v) is 4.89. The summed E-state index contributed by atoms with van der Waals surface area (Å²) in [5.41, 5.74) is 3.89. The minimum atomic E-state index is 0.739. The van der Waals surface area contributed by atoms with Crippen molar-refractivity contribution in [2.24, 2.45) is 0 Å². The van der Waals surface area contributed by atoms with Crippen LogP contribution in [0.1, 0.15) is 11.3 Å². The van der Waals surface area contributed by atoms with E-state index in [2.05, 4.69) is 11.6 Å². The van der Waals surface area contributed by atoms with Gasteiger partial charge in [-0.2, -0.15) is 0 Å². The maximum atomic E-state index is 5.80. The van der Waals surface area contributed by atoms with Crippen LogP contribution in [-0.2, 0) is 4.84 Å². The first kappa shape index (κ1) is 8.10. The van der Waals surface area contributed by atoms with E-state index in [4.69, 9.17) is 16.4 Å². The molecule has 1 aliphatic heterocycles. The van der Waals surface area contributed by atoms with Crippen LogP contribution in [0.15, 0.2) is 18.2 Å².